The minimum atomic E-state index is -0.250. The molecule has 1 aromatic heterocycles. The number of benzene rings is 1. The Balaban J connectivity index is 2.28. The fourth-order valence-corrected chi connectivity index (χ4v) is 2.34. The molecule has 0 aliphatic rings. The van der Waals surface area contributed by atoms with Gasteiger partial charge < -0.3 is 4.74 Å². The fourth-order valence-electron chi connectivity index (χ4n) is 1.27. The SMILES string of the molecule is Cc1cc(Oc2ncc(Br)cc2Br)ccc1F. The minimum Gasteiger partial charge on any atom is -0.438 e. The second-order valence-corrected chi connectivity index (χ2v) is 5.22. The van der Waals surface area contributed by atoms with Crippen molar-refractivity contribution in [1.29, 1.82) is 0 Å². The molecule has 1 heterocycles. The maximum Gasteiger partial charge on any atom is 0.233 e. The second kappa shape index (κ2) is 5.14. The normalized spacial score (nSPS) is 10.4. The molecule has 0 unspecified atom stereocenters. The van der Waals surface area contributed by atoms with E-state index in [-0.39, 0.29) is 5.82 Å². The van der Waals surface area contributed by atoms with Gasteiger partial charge in [-0.05, 0) is 68.6 Å². The highest BCUT2D eigenvalue weighted by atomic mass is 79.9. The third kappa shape index (κ3) is 3.04. The monoisotopic (exact) mass is 359 g/mol. The summed E-state index contributed by atoms with van der Waals surface area (Å²) < 4.78 is 20.2. The highest BCUT2D eigenvalue weighted by Crippen LogP contribution is 2.30. The van der Waals surface area contributed by atoms with E-state index < -0.39 is 0 Å². The van der Waals surface area contributed by atoms with Crippen LogP contribution in [0.25, 0.3) is 0 Å². The summed E-state index contributed by atoms with van der Waals surface area (Å²) in [5, 5.41) is 0. The molecule has 1 aromatic carbocycles. The zero-order chi connectivity index (χ0) is 12.4. The second-order valence-electron chi connectivity index (χ2n) is 3.45. The van der Waals surface area contributed by atoms with Crippen molar-refractivity contribution in [3.8, 4) is 11.6 Å². The van der Waals surface area contributed by atoms with Crippen LogP contribution in [-0.2, 0) is 0 Å². The molecule has 0 bridgehead atoms. The molecule has 0 saturated heterocycles. The van der Waals surface area contributed by atoms with Crippen molar-refractivity contribution in [2.45, 2.75) is 6.92 Å². The molecule has 5 heteroatoms. The van der Waals surface area contributed by atoms with Crippen LogP contribution in [0.3, 0.4) is 0 Å². The lowest BCUT2D eigenvalue weighted by Gasteiger charge is -2.07. The van der Waals surface area contributed by atoms with Crippen LogP contribution in [0.15, 0.2) is 39.4 Å². The molecule has 88 valence electrons. The Morgan fingerprint density at radius 3 is 2.65 bits per heavy atom. The van der Waals surface area contributed by atoms with Crippen molar-refractivity contribution in [3.05, 3.63) is 50.8 Å². The molecule has 17 heavy (non-hydrogen) atoms. The first-order valence-corrected chi connectivity index (χ1v) is 6.40. The van der Waals surface area contributed by atoms with Crippen LogP contribution in [0.5, 0.6) is 11.6 Å². The molecular weight excluding hydrogens is 353 g/mol. The third-order valence-electron chi connectivity index (χ3n) is 2.12. The van der Waals surface area contributed by atoms with E-state index in [0.717, 1.165) is 8.95 Å². The van der Waals surface area contributed by atoms with E-state index in [2.05, 4.69) is 36.8 Å². The Morgan fingerprint density at radius 1 is 1.24 bits per heavy atom. The van der Waals surface area contributed by atoms with Crippen molar-refractivity contribution in [3.63, 3.8) is 0 Å². The van der Waals surface area contributed by atoms with Crippen LogP contribution in [0.1, 0.15) is 5.56 Å². The first-order valence-electron chi connectivity index (χ1n) is 4.81. The Bertz CT molecular complexity index is 560. The lowest BCUT2D eigenvalue weighted by molar-refractivity contribution is 0.457. The summed E-state index contributed by atoms with van der Waals surface area (Å²) in [5.74, 6) is 0.749. The summed E-state index contributed by atoms with van der Waals surface area (Å²) in [7, 11) is 0. The quantitative estimate of drug-likeness (QED) is 0.763. The number of aromatic nitrogens is 1. The van der Waals surface area contributed by atoms with E-state index in [0.29, 0.717) is 17.2 Å². The Labute approximate surface area is 115 Å². The predicted octanol–water partition coefficient (Wildman–Crippen LogP) is 4.85. The predicted molar refractivity (Wildman–Crippen MR) is 70.8 cm³/mol. The maximum absolute atomic E-state index is 13.1. The molecule has 2 nitrogen and oxygen atoms in total. The lowest BCUT2D eigenvalue weighted by atomic mass is 10.2. The van der Waals surface area contributed by atoms with Gasteiger partial charge in [-0.1, -0.05) is 0 Å². The van der Waals surface area contributed by atoms with E-state index in [9.17, 15) is 4.39 Å². The summed E-state index contributed by atoms with van der Waals surface area (Å²) >= 11 is 6.65. The Morgan fingerprint density at radius 2 is 2.00 bits per heavy atom. The number of hydrogen-bond acceptors (Lipinski definition) is 2. The van der Waals surface area contributed by atoms with Crippen LogP contribution in [0, 0.1) is 12.7 Å². The van der Waals surface area contributed by atoms with E-state index in [1.807, 2.05) is 6.07 Å². The highest BCUT2D eigenvalue weighted by molar-refractivity contribution is 9.11. The zero-order valence-electron chi connectivity index (χ0n) is 8.88. The van der Waals surface area contributed by atoms with Crippen LogP contribution in [0.2, 0.25) is 0 Å². The molecule has 2 rings (SSSR count). The molecule has 0 aliphatic carbocycles. The number of pyridine rings is 1. The van der Waals surface area contributed by atoms with Gasteiger partial charge in [0.05, 0.1) is 4.47 Å². The molecule has 0 saturated carbocycles. The van der Waals surface area contributed by atoms with Gasteiger partial charge in [0.1, 0.15) is 11.6 Å². The highest BCUT2D eigenvalue weighted by Gasteiger charge is 2.06. The van der Waals surface area contributed by atoms with E-state index in [1.54, 1.807) is 25.3 Å². The summed E-state index contributed by atoms with van der Waals surface area (Å²) in [5.41, 5.74) is 0.538. The van der Waals surface area contributed by atoms with Crippen molar-refractivity contribution in [1.82, 2.24) is 4.98 Å². The van der Waals surface area contributed by atoms with E-state index in [1.165, 1.54) is 6.07 Å². The molecule has 0 amide bonds. The van der Waals surface area contributed by atoms with Crippen molar-refractivity contribution in [2.24, 2.45) is 0 Å². The fraction of sp³-hybridized carbons (Fsp3) is 0.0833. The van der Waals surface area contributed by atoms with Crippen LogP contribution in [-0.4, -0.2) is 4.98 Å². The number of nitrogens with zero attached hydrogens (tertiary/aromatic N) is 1. The molecule has 0 fully saturated rings. The lowest BCUT2D eigenvalue weighted by Crippen LogP contribution is -1.91. The largest absolute Gasteiger partial charge is 0.438 e. The van der Waals surface area contributed by atoms with E-state index >= 15 is 0 Å². The summed E-state index contributed by atoms with van der Waals surface area (Å²) in [6, 6.07) is 6.40. The zero-order valence-corrected chi connectivity index (χ0v) is 12.0. The number of aryl methyl sites for hydroxylation is 1. The topological polar surface area (TPSA) is 22.1 Å². The standard InChI is InChI=1S/C12H8Br2FNO/c1-7-4-9(2-3-11(7)15)17-12-10(14)5-8(13)6-16-12/h2-6H,1H3. The summed E-state index contributed by atoms with van der Waals surface area (Å²) in [4.78, 5) is 4.12. The van der Waals surface area contributed by atoms with Crippen LogP contribution >= 0.6 is 31.9 Å². The van der Waals surface area contributed by atoms with Crippen LogP contribution in [0.4, 0.5) is 4.39 Å². The molecule has 0 spiro atoms. The van der Waals surface area contributed by atoms with Crippen molar-refractivity contribution in [2.75, 3.05) is 0 Å². The molecule has 0 N–H and O–H groups in total. The van der Waals surface area contributed by atoms with Gasteiger partial charge in [-0.25, -0.2) is 9.37 Å². The first-order chi connectivity index (χ1) is 8.06. The van der Waals surface area contributed by atoms with Gasteiger partial charge in [0, 0.05) is 10.7 Å². The van der Waals surface area contributed by atoms with Crippen LogP contribution < -0.4 is 4.74 Å². The van der Waals surface area contributed by atoms with Gasteiger partial charge in [0.25, 0.3) is 0 Å². The van der Waals surface area contributed by atoms with Gasteiger partial charge in [0.15, 0.2) is 0 Å². The number of hydrogen-bond donors (Lipinski definition) is 0. The van der Waals surface area contributed by atoms with Crippen molar-refractivity contribution >= 4 is 31.9 Å². The Kier molecular flexibility index (Phi) is 3.79. The summed E-state index contributed by atoms with van der Waals surface area (Å²) in [6.45, 7) is 1.69. The minimum absolute atomic E-state index is 0.250. The molecule has 2 aromatic rings. The molecule has 0 radical (unpaired) electrons. The molecular formula is C12H8Br2FNO. The van der Waals surface area contributed by atoms with Gasteiger partial charge >= 0.3 is 0 Å². The molecule has 0 aliphatic heterocycles. The smallest absolute Gasteiger partial charge is 0.233 e. The van der Waals surface area contributed by atoms with Gasteiger partial charge in [-0.2, -0.15) is 0 Å². The average Bonchev–Trinajstić information content (AvgIpc) is 2.27. The van der Waals surface area contributed by atoms with Crippen molar-refractivity contribution < 1.29 is 9.13 Å². The number of halogens is 3. The number of ether oxygens (including phenoxy) is 1. The third-order valence-corrected chi connectivity index (χ3v) is 3.12. The molecule has 0 atom stereocenters. The maximum atomic E-state index is 13.1. The first kappa shape index (κ1) is 12.5. The summed E-state index contributed by atoms with van der Waals surface area (Å²) in [6.07, 6.45) is 1.64. The average molecular weight is 361 g/mol. The van der Waals surface area contributed by atoms with E-state index in [4.69, 9.17) is 4.74 Å². The number of rotatable bonds is 2. The van der Waals surface area contributed by atoms with Gasteiger partial charge in [0.2, 0.25) is 5.88 Å². The van der Waals surface area contributed by atoms with Gasteiger partial charge in [-0.15, -0.1) is 0 Å². The Hall–Kier alpha value is -0.940. The van der Waals surface area contributed by atoms with Gasteiger partial charge in [-0.3, -0.25) is 0 Å².